The second-order valence-corrected chi connectivity index (χ2v) is 3.41. The Kier molecular flexibility index (Phi) is 3.43. The molecule has 1 fully saturated rings. The zero-order valence-electron chi connectivity index (χ0n) is 8.57. The molecule has 0 aliphatic carbocycles. The minimum atomic E-state index is -0.513. The average molecular weight is 225 g/mol. The lowest BCUT2D eigenvalue weighted by molar-refractivity contribution is -0.128. The van der Waals surface area contributed by atoms with E-state index in [1.807, 2.05) is 0 Å². The van der Waals surface area contributed by atoms with Gasteiger partial charge in [-0.1, -0.05) is 0 Å². The van der Waals surface area contributed by atoms with E-state index < -0.39 is 11.9 Å². The minimum absolute atomic E-state index is 0.272. The Bertz CT molecular complexity index is 363. The molecule has 0 saturated carbocycles. The number of hydrogen-bond acceptors (Lipinski definition) is 4. The molecular weight excluding hydrogens is 213 g/mol. The van der Waals surface area contributed by atoms with Crippen LogP contribution in [0, 0.1) is 5.82 Å². The van der Waals surface area contributed by atoms with Crippen LogP contribution in [0.3, 0.4) is 0 Å². The summed E-state index contributed by atoms with van der Waals surface area (Å²) in [5.74, 6) is -0.388. The maximum atomic E-state index is 12.6. The number of rotatable bonds is 2. The van der Waals surface area contributed by atoms with Crippen molar-refractivity contribution in [2.24, 2.45) is 0 Å². The lowest BCUT2D eigenvalue weighted by Crippen LogP contribution is -2.45. The third kappa shape index (κ3) is 2.74. The molecule has 1 aromatic rings. The van der Waals surface area contributed by atoms with Gasteiger partial charge in [-0.05, 0) is 12.1 Å². The number of carbonyl (C=O) groups excluding carboxylic acids is 1. The Morgan fingerprint density at radius 3 is 3.12 bits per heavy atom. The molecule has 0 aromatic carbocycles. The molecular formula is C10H12FN3O2. The van der Waals surface area contributed by atoms with Crippen LogP contribution in [-0.2, 0) is 9.53 Å². The van der Waals surface area contributed by atoms with Crippen molar-refractivity contribution < 1.29 is 13.9 Å². The fraction of sp³-hybridized carbons (Fsp3) is 0.400. The molecule has 1 aliphatic rings. The molecule has 86 valence electrons. The summed E-state index contributed by atoms with van der Waals surface area (Å²) < 4.78 is 17.8. The fourth-order valence-corrected chi connectivity index (χ4v) is 1.39. The molecule has 1 aliphatic heterocycles. The lowest BCUT2D eigenvalue weighted by atomic mass is 10.3. The molecule has 2 N–H and O–H groups in total. The molecule has 1 unspecified atom stereocenters. The van der Waals surface area contributed by atoms with E-state index in [-0.39, 0.29) is 5.91 Å². The third-order valence-corrected chi connectivity index (χ3v) is 2.20. The van der Waals surface area contributed by atoms with Gasteiger partial charge in [0.15, 0.2) is 0 Å². The maximum absolute atomic E-state index is 12.6. The number of amides is 1. The first-order valence-corrected chi connectivity index (χ1v) is 5.00. The number of aromatic nitrogens is 1. The van der Waals surface area contributed by atoms with Crippen LogP contribution in [-0.4, -0.2) is 36.7 Å². The van der Waals surface area contributed by atoms with Crippen LogP contribution in [0.2, 0.25) is 0 Å². The van der Waals surface area contributed by atoms with Gasteiger partial charge in [0.25, 0.3) is 5.91 Å². The van der Waals surface area contributed by atoms with Gasteiger partial charge in [-0.25, -0.2) is 9.37 Å². The number of nitrogens with zero attached hydrogens (tertiary/aromatic N) is 1. The zero-order chi connectivity index (χ0) is 11.4. The van der Waals surface area contributed by atoms with Gasteiger partial charge in [0.05, 0.1) is 12.8 Å². The monoisotopic (exact) mass is 225 g/mol. The van der Waals surface area contributed by atoms with Gasteiger partial charge in [-0.3, -0.25) is 4.79 Å². The lowest BCUT2D eigenvalue weighted by Gasteiger charge is -2.22. The number of carbonyl (C=O) groups is 1. The number of morpholine rings is 1. The second-order valence-electron chi connectivity index (χ2n) is 3.41. The van der Waals surface area contributed by atoms with Gasteiger partial charge in [-0.15, -0.1) is 0 Å². The van der Waals surface area contributed by atoms with Crippen LogP contribution in [0.15, 0.2) is 18.3 Å². The highest BCUT2D eigenvalue weighted by Crippen LogP contribution is 2.05. The predicted molar refractivity (Wildman–Crippen MR) is 55.4 cm³/mol. The molecule has 0 spiro atoms. The first-order chi connectivity index (χ1) is 7.75. The van der Waals surface area contributed by atoms with Crippen molar-refractivity contribution in [3.63, 3.8) is 0 Å². The maximum Gasteiger partial charge on any atom is 0.255 e. The normalized spacial score (nSPS) is 20.4. The highest BCUT2D eigenvalue weighted by Gasteiger charge is 2.21. The van der Waals surface area contributed by atoms with E-state index >= 15 is 0 Å². The van der Waals surface area contributed by atoms with Crippen LogP contribution < -0.4 is 10.6 Å². The Hall–Kier alpha value is -1.53. The summed E-state index contributed by atoms with van der Waals surface area (Å²) in [6.07, 6.45) is 0.538. The standard InChI is InChI=1S/C10H12FN3O2/c11-7-1-2-9(13-5-7)14-10(15)8-6-12-3-4-16-8/h1-2,5,8,12H,3-4,6H2,(H,13,14,15). The molecule has 1 saturated heterocycles. The van der Waals surface area contributed by atoms with Gasteiger partial charge in [-0.2, -0.15) is 0 Å². The molecule has 0 bridgehead atoms. The van der Waals surface area contributed by atoms with Crippen molar-refractivity contribution in [3.8, 4) is 0 Å². The average Bonchev–Trinajstić information content (AvgIpc) is 2.33. The van der Waals surface area contributed by atoms with E-state index in [2.05, 4.69) is 15.6 Å². The summed E-state index contributed by atoms with van der Waals surface area (Å²) in [6.45, 7) is 1.74. The van der Waals surface area contributed by atoms with E-state index in [0.29, 0.717) is 19.0 Å². The summed E-state index contributed by atoms with van der Waals surface area (Å²) in [6, 6.07) is 2.64. The molecule has 1 aromatic heterocycles. The highest BCUT2D eigenvalue weighted by atomic mass is 19.1. The zero-order valence-corrected chi connectivity index (χ0v) is 8.57. The van der Waals surface area contributed by atoms with Gasteiger partial charge in [0, 0.05) is 13.1 Å². The van der Waals surface area contributed by atoms with Crippen LogP contribution in [0.25, 0.3) is 0 Å². The first-order valence-electron chi connectivity index (χ1n) is 5.00. The van der Waals surface area contributed by atoms with Gasteiger partial charge in [0.2, 0.25) is 0 Å². The predicted octanol–water partition coefficient (Wildman–Crippen LogP) is 0.148. The van der Waals surface area contributed by atoms with Crippen molar-refractivity contribution in [1.82, 2.24) is 10.3 Å². The molecule has 1 atom stereocenters. The summed E-state index contributed by atoms with van der Waals surface area (Å²) >= 11 is 0. The smallest absolute Gasteiger partial charge is 0.255 e. The summed E-state index contributed by atoms with van der Waals surface area (Å²) in [5, 5.41) is 5.60. The third-order valence-electron chi connectivity index (χ3n) is 2.20. The van der Waals surface area contributed by atoms with E-state index in [1.54, 1.807) is 0 Å². The van der Waals surface area contributed by atoms with Crippen molar-refractivity contribution in [2.45, 2.75) is 6.10 Å². The molecule has 2 rings (SSSR count). The number of ether oxygens (including phenoxy) is 1. The SMILES string of the molecule is O=C(Nc1ccc(F)cn1)C1CNCCO1. The van der Waals surface area contributed by atoms with Crippen molar-refractivity contribution in [2.75, 3.05) is 25.0 Å². The summed E-state index contributed by atoms with van der Waals surface area (Å²) in [7, 11) is 0. The van der Waals surface area contributed by atoms with Crippen molar-refractivity contribution >= 4 is 11.7 Å². The summed E-state index contributed by atoms with van der Waals surface area (Å²) in [5.41, 5.74) is 0. The largest absolute Gasteiger partial charge is 0.366 e. The number of anilines is 1. The molecule has 2 heterocycles. The van der Waals surface area contributed by atoms with Crippen LogP contribution >= 0.6 is 0 Å². The Morgan fingerprint density at radius 2 is 2.50 bits per heavy atom. The summed E-state index contributed by atoms with van der Waals surface area (Å²) in [4.78, 5) is 15.4. The number of halogens is 1. The minimum Gasteiger partial charge on any atom is -0.366 e. The molecule has 0 radical (unpaired) electrons. The molecule has 6 heteroatoms. The first kappa shape index (κ1) is 11.0. The van der Waals surface area contributed by atoms with E-state index in [1.165, 1.54) is 12.1 Å². The second kappa shape index (κ2) is 5.00. The van der Waals surface area contributed by atoms with Crippen LogP contribution in [0.1, 0.15) is 0 Å². The molecule has 5 nitrogen and oxygen atoms in total. The molecule has 1 amide bonds. The van der Waals surface area contributed by atoms with E-state index in [4.69, 9.17) is 4.74 Å². The fourth-order valence-electron chi connectivity index (χ4n) is 1.39. The topological polar surface area (TPSA) is 63.2 Å². The van der Waals surface area contributed by atoms with Crippen LogP contribution in [0.5, 0.6) is 0 Å². The highest BCUT2D eigenvalue weighted by molar-refractivity contribution is 5.93. The van der Waals surface area contributed by atoms with Crippen molar-refractivity contribution in [3.05, 3.63) is 24.1 Å². The number of pyridine rings is 1. The molecule has 16 heavy (non-hydrogen) atoms. The van der Waals surface area contributed by atoms with Gasteiger partial charge < -0.3 is 15.4 Å². The van der Waals surface area contributed by atoms with Gasteiger partial charge in [0.1, 0.15) is 17.7 Å². The Morgan fingerprint density at radius 1 is 1.62 bits per heavy atom. The van der Waals surface area contributed by atoms with E-state index in [9.17, 15) is 9.18 Å². The van der Waals surface area contributed by atoms with Crippen LogP contribution in [0.4, 0.5) is 10.2 Å². The Balaban J connectivity index is 1.93. The van der Waals surface area contributed by atoms with Gasteiger partial charge >= 0.3 is 0 Å². The number of hydrogen-bond donors (Lipinski definition) is 2. The Labute approximate surface area is 92.0 Å². The number of nitrogens with one attached hydrogen (secondary N) is 2. The van der Waals surface area contributed by atoms with Crippen molar-refractivity contribution in [1.29, 1.82) is 0 Å². The van der Waals surface area contributed by atoms with E-state index in [0.717, 1.165) is 12.7 Å². The quantitative estimate of drug-likeness (QED) is 0.752.